The highest BCUT2D eigenvalue weighted by Gasteiger charge is 2.31. The largest absolute Gasteiger partial charge is 0.495 e. The molecular formula is C17H24ClN3O5S. The van der Waals surface area contributed by atoms with Gasteiger partial charge in [0.05, 0.1) is 24.3 Å². The third-order valence-corrected chi connectivity index (χ3v) is 6.23. The first-order valence-corrected chi connectivity index (χ1v) is 10.7. The van der Waals surface area contributed by atoms with Crippen LogP contribution in [0, 0.1) is 5.92 Å². The van der Waals surface area contributed by atoms with Crippen LogP contribution >= 0.6 is 11.6 Å². The summed E-state index contributed by atoms with van der Waals surface area (Å²) in [5, 5.41) is 8.37. The van der Waals surface area contributed by atoms with Crippen molar-refractivity contribution in [2.45, 2.75) is 32.4 Å². The molecule has 0 saturated carbocycles. The molecule has 10 heteroatoms. The second-order valence-corrected chi connectivity index (χ2v) is 9.44. The number of carbonyl (C=O) groups excluding carboxylic acids is 2. The summed E-state index contributed by atoms with van der Waals surface area (Å²) < 4.78 is 28.2. The Hall–Kier alpha value is -2.00. The van der Waals surface area contributed by atoms with E-state index in [2.05, 4.69) is 16.0 Å². The highest BCUT2D eigenvalue weighted by atomic mass is 35.5. The van der Waals surface area contributed by atoms with Gasteiger partial charge >= 0.3 is 6.03 Å². The molecule has 0 spiro atoms. The molecule has 1 aliphatic rings. The van der Waals surface area contributed by atoms with E-state index in [0.29, 0.717) is 22.9 Å². The van der Waals surface area contributed by atoms with Gasteiger partial charge in [0.1, 0.15) is 11.8 Å². The molecule has 3 amide bonds. The van der Waals surface area contributed by atoms with Crippen LogP contribution in [0.4, 0.5) is 10.5 Å². The van der Waals surface area contributed by atoms with Crippen molar-refractivity contribution in [2.24, 2.45) is 5.92 Å². The van der Waals surface area contributed by atoms with Crippen LogP contribution in [0.3, 0.4) is 0 Å². The van der Waals surface area contributed by atoms with Gasteiger partial charge in [-0.3, -0.25) is 4.79 Å². The fourth-order valence-electron chi connectivity index (χ4n) is 2.80. The summed E-state index contributed by atoms with van der Waals surface area (Å²) in [5.41, 5.74) is 0.393. The molecule has 0 radical (unpaired) electrons. The maximum absolute atomic E-state index is 12.7. The second kappa shape index (κ2) is 8.79. The molecule has 1 aliphatic heterocycles. The lowest BCUT2D eigenvalue weighted by molar-refractivity contribution is -0.118. The zero-order valence-electron chi connectivity index (χ0n) is 15.4. The van der Waals surface area contributed by atoms with Crippen LogP contribution in [0.1, 0.15) is 20.3 Å². The van der Waals surface area contributed by atoms with E-state index >= 15 is 0 Å². The topological polar surface area (TPSA) is 114 Å². The molecule has 2 atom stereocenters. The lowest BCUT2D eigenvalue weighted by Gasteiger charge is -2.23. The summed E-state index contributed by atoms with van der Waals surface area (Å²) >= 11 is 5.97. The lowest BCUT2D eigenvalue weighted by atomic mass is 10.0. The molecule has 3 N–H and O–H groups in total. The number of benzene rings is 1. The van der Waals surface area contributed by atoms with Gasteiger partial charge in [-0.1, -0.05) is 25.4 Å². The summed E-state index contributed by atoms with van der Waals surface area (Å²) in [5.74, 6) is -0.219. The average molecular weight is 418 g/mol. The smallest absolute Gasteiger partial charge is 0.315 e. The Morgan fingerprint density at radius 2 is 2.00 bits per heavy atom. The molecule has 1 saturated heterocycles. The molecule has 27 heavy (non-hydrogen) atoms. The Labute approximate surface area is 163 Å². The maximum atomic E-state index is 12.7. The van der Waals surface area contributed by atoms with Gasteiger partial charge in [-0.2, -0.15) is 0 Å². The first-order valence-electron chi connectivity index (χ1n) is 8.53. The quantitative estimate of drug-likeness (QED) is 0.653. The van der Waals surface area contributed by atoms with Crippen molar-refractivity contribution in [1.29, 1.82) is 0 Å². The Morgan fingerprint density at radius 3 is 2.56 bits per heavy atom. The lowest BCUT2D eigenvalue weighted by Crippen LogP contribution is -2.52. The van der Waals surface area contributed by atoms with Crippen molar-refractivity contribution in [3.05, 3.63) is 23.2 Å². The molecule has 1 aromatic rings. The predicted octanol–water partition coefficient (Wildman–Crippen LogP) is 1.80. The van der Waals surface area contributed by atoms with E-state index in [-0.39, 0.29) is 17.4 Å². The van der Waals surface area contributed by atoms with Gasteiger partial charge in [0, 0.05) is 11.1 Å². The van der Waals surface area contributed by atoms with Crippen LogP contribution in [-0.2, 0) is 14.6 Å². The first-order chi connectivity index (χ1) is 12.6. The van der Waals surface area contributed by atoms with Crippen LogP contribution in [0.5, 0.6) is 5.75 Å². The maximum Gasteiger partial charge on any atom is 0.315 e. The number of sulfone groups is 1. The number of amides is 3. The van der Waals surface area contributed by atoms with E-state index in [4.69, 9.17) is 16.3 Å². The minimum Gasteiger partial charge on any atom is -0.495 e. The zero-order chi connectivity index (χ0) is 20.2. The Bertz CT molecular complexity index is 813. The van der Waals surface area contributed by atoms with Crippen molar-refractivity contribution in [3.63, 3.8) is 0 Å². The van der Waals surface area contributed by atoms with Gasteiger partial charge in [-0.05, 0) is 30.5 Å². The third kappa shape index (κ3) is 6.00. The van der Waals surface area contributed by atoms with Gasteiger partial charge in [-0.15, -0.1) is 0 Å². The number of ether oxygens (including phenoxy) is 1. The van der Waals surface area contributed by atoms with Gasteiger partial charge < -0.3 is 20.7 Å². The van der Waals surface area contributed by atoms with Crippen molar-refractivity contribution >= 4 is 39.1 Å². The van der Waals surface area contributed by atoms with Crippen LogP contribution in [0.25, 0.3) is 0 Å². The minimum atomic E-state index is -3.10. The molecule has 1 aromatic carbocycles. The van der Waals surface area contributed by atoms with Gasteiger partial charge in [-0.25, -0.2) is 13.2 Å². The molecule has 0 aliphatic carbocycles. The molecule has 2 rings (SSSR count). The molecule has 0 bridgehead atoms. The van der Waals surface area contributed by atoms with Crippen molar-refractivity contribution < 1.29 is 22.7 Å². The number of hydrogen-bond donors (Lipinski definition) is 3. The van der Waals surface area contributed by atoms with Crippen LogP contribution in [-0.4, -0.2) is 51.1 Å². The SMILES string of the molecule is COc1ccc(Cl)cc1NC(=O)[C@@H](NC(=O)N[C@@H]1CCS(=O)(=O)C1)C(C)C. The van der Waals surface area contributed by atoms with E-state index in [1.54, 1.807) is 32.0 Å². The van der Waals surface area contributed by atoms with E-state index in [0.717, 1.165) is 0 Å². The van der Waals surface area contributed by atoms with Crippen LogP contribution in [0.2, 0.25) is 5.02 Å². The van der Waals surface area contributed by atoms with E-state index in [1.165, 1.54) is 7.11 Å². The summed E-state index contributed by atoms with van der Waals surface area (Å²) in [6, 6.07) is 2.97. The summed E-state index contributed by atoms with van der Waals surface area (Å²) in [7, 11) is -1.63. The van der Waals surface area contributed by atoms with Crippen LogP contribution < -0.4 is 20.7 Å². The summed E-state index contributed by atoms with van der Waals surface area (Å²) in [4.78, 5) is 24.9. The number of rotatable bonds is 6. The van der Waals surface area contributed by atoms with Crippen LogP contribution in [0.15, 0.2) is 18.2 Å². The third-order valence-electron chi connectivity index (χ3n) is 4.22. The second-order valence-electron chi connectivity index (χ2n) is 6.77. The summed E-state index contributed by atoms with van der Waals surface area (Å²) in [6.45, 7) is 3.58. The standard InChI is InChI=1S/C17H24ClN3O5S/c1-10(2)15(21-17(23)19-12-6-7-27(24,25)9-12)16(22)20-13-8-11(18)4-5-14(13)26-3/h4-5,8,10,12,15H,6-7,9H2,1-3H3,(H,20,22)(H2,19,21,23)/t12-,15+/m1/s1. The van der Waals surface area contributed by atoms with Crippen molar-refractivity contribution in [2.75, 3.05) is 23.9 Å². The van der Waals surface area contributed by atoms with Crippen molar-refractivity contribution in [1.82, 2.24) is 10.6 Å². The monoisotopic (exact) mass is 417 g/mol. The highest BCUT2D eigenvalue weighted by Crippen LogP contribution is 2.28. The molecule has 150 valence electrons. The fraction of sp³-hybridized carbons (Fsp3) is 0.529. The fourth-order valence-corrected chi connectivity index (χ4v) is 4.65. The highest BCUT2D eigenvalue weighted by molar-refractivity contribution is 7.91. The minimum absolute atomic E-state index is 0.0562. The average Bonchev–Trinajstić information content (AvgIpc) is 2.91. The van der Waals surface area contributed by atoms with Gasteiger partial charge in [0.15, 0.2) is 9.84 Å². The Kier molecular flexibility index (Phi) is 6.94. The molecular weight excluding hydrogens is 394 g/mol. The molecule has 1 heterocycles. The number of nitrogens with one attached hydrogen (secondary N) is 3. The zero-order valence-corrected chi connectivity index (χ0v) is 17.0. The number of hydrogen-bond acceptors (Lipinski definition) is 5. The predicted molar refractivity (Wildman–Crippen MR) is 104 cm³/mol. The number of methoxy groups -OCH3 is 1. The summed E-state index contributed by atoms with van der Waals surface area (Å²) in [6.07, 6.45) is 0.369. The normalized spacial score (nSPS) is 19.4. The molecule has 0 unspecified atom stereocenters. The van der Waals surface area contributed by atoms with Gasteiger partial charge in [0.25, 0.3) is 0 Å². The van der Waals surface area contributed by atoms with E-state index in [9.17, 15) is 18.0 Å². The van der Waals surface area contributed by atoms with Gasteiger partial charge in [0.2, 0.25) is 5.91 Å². The molecule has 0 aromatic heterocycles. The number of carbonyl (C=O) groups is 2. The molecule has 8 nitrogen and oxygen atoms in total. The van der Waals surface area contributed by atoms with Crippen molar-refractivity contribution in [3.8, 4) is 5.75 Å². The Morgan fingerprint density at radius 1 is 1.30 bits per heavy atom. The first kappa shape index (κ1) is 21.3. The Balaban J connectivity index is 2.03. The van der Waals surface area contributed by atoms with E-state index in [1.807, 2.05) is 0 Å². The number of halogens is 1. The van der Waals surface area contributed by atoms with E-state index < -0.39 is 33.9 Å². The number of anilines is 1. The molecule has 1 fully saturated rings. The number of urea groups is 1.